The molecule has 1 saturated heterocycles. The van der Waals surface area contributed by atoms with Gasteiger partial charge in [0, 0.05) is 53.0 Å². The molecule has 2 aliphatic rings. The van der Waals surface area contributed by atoms with Crippen molar-refractivity contribution in [2.24, 2.45) is 16.6 Å². The molecule has 3 heterocycles. The van der Waals surface area contributed by atoms with Crippen LogP contribution in [0, 0.1) is 5.92 Å². The molecule has 0 aliphatic carbocycles. The number of nitrogens with two attached hydrogens (primary N) is 1. The summed E-state index contributed by atoms with van der Waals surface area (Å²) in [6.45, 7) is 2.34. The van der Waals surface area contributed by atoms with Gasteiger partial charge in [0.05, 0.1) is 23.8 Å². The van der Waals surface area contributed by atoms with Crippen LogP contribution in [-0.4, -0.2) is 46.3 Å². The highest BCUT2D eigenvalue weighted by Gasteiger charge is 2.32. The van der Waals surface area contributed by atoms with E-state index in [9.17, 15) is 5.11 Å². The van der Waals surface area contributed by atoms with Gasteiger partial charge in [0.2, 0.25) is 0 Å². The van der Waals surface area contributed by atoms with E-state index in [4.69, 9.17) is 17.3 Å². The number of nitrogens with zero attached hydrogens (tertiary/aromatic N) is 2. The molecule has 6 nitrogen and oxygen atoms in total. The van der Waals surface area contributed by atoms with Crippen LogP contribution in [0.15, 0.2) is 40.4 Å². The lowest BCUT2D eigenvalue weighted by molar-refractivity contribution is 0.149. The second-order valence-corrected chi connectivity index (χ2v) is 8.29. The highest BCUT2D eigenvalue weighted by Crippen LogP contribution is 2.32. The van der Waals surface area contributed by atoms with E-state index < -0.39 is 0 Å². The second-order valence-electron chi connectivity index (χ2n) is 6.76. The molecule has 1 fully saturated rings. The number of β-amino-alcohol motifs (C(OH)–C–C–N with tert-alkyl or cyclic N) is 1. The van der Waals surface area contributed by atoms with Gasteiger partial charge in [-0.1, -0.05) is 11.6 Å². The van der Waals surface area contributed by atoms with Crippen molar-refractivity contribution < 1.29 is 5.11 Å². The molecule has 1 unspecified atom stereocenters. The van der Waals surface area contributed by atoms with Gasteiger partial charge in [-0.25, -0.2) is 0 Å². The van der Waals surface area contributed by atoms with Crippen molar-refractivity contribution in [3.8, 4) is 0 Å². The number of fused-ring (bicyclic) bond motifs is 1. The first-order valence-corrected chi connectivity index (χ1v) is 9.99. The van der Waals surface area contributed by atoms with Crippen LogP contribution in [0.4, 0.5) is 5.69 Å². The summed E-state index contributed by atoms with van der Waals surface area (Å²) in [6, 6.07) is 7.85. The Balaban J connectivity index is 1.35. The Hall–Kier alpha value is -1.51. The van der Waals surface area contributed by atoms with E-state index in [0.29, 0.717) is 6.54 Å². The highest BCUT2D eigenvalue weighted by molar-refractivity contribution is 7.99. The molecule has 3 atom stereocenters. The van der Waals surface area contributed by atoms with Gasteiger partial charge in [-0.15, -0.1) is 11.8 Å². The van der Waals surface area contributed by atoms with Crippen LogP contribution in [0.3, 0.4) is 0 Å². The molecule has 0 amide bonds. The van der Waals surface area contributed by atoms with Gasteiger partial charge >= 0.3 is 0 Å². The number of hydrogen-bond acceptors (Lipinski definition) is 6. The van der Waals surface area contributed by atoms with E-state index in [-0.39, 0.29) is 18.2 Å². The minimum absolute atomic E-state index is 0.252. The number of halogens is 1. The third kappa shape index (κ3) is 3.77. The molecule has 0 saturated carbocycles. The third-order valence-electron chi connectivity index (χ3n) is 4.89. The lowest BCUT2D eigenvalue weighted by Gasteiger charge is -2.18. The lowest BCUT2D eigenvalue weighted by Crippen LogP contribution is -2.22. The molecule has 2 aliphatic heterocycles. The molecule has 1 aromatic carbocycles. The second kappa shape index (κ2) is 7.62. The van der Waals surface area contributed by atoms with E-state index >= 15 is 0 Å². The van der Waals surface area contributed by atoms with Crippen molar-refractivity contribution >= 4 is 35.4 Å². The van der Waals surface area contributed by atoms with Gasteiger partial charge < -0.3 is 21.1 Å². The first kappa shape index (κ1) is 17.9. The number of benzene rings is 1. The van der Waals surface area contributed by atoms with Gasteiger partial charge in [0.1, 0.15) is 6.17 Å². The average molecular weight is 392 g/mol. The van der Waals surface area contributed by atoms with Gasteiger partial charge in [-0.3, -0.25) is 9.89 Å². The Labute approximate surface area is 161 Å². The summed E-state index contributed by atoms with van der Waals surface area (Å²) in [5, 5.41) is 14.4. The van der Waals surface area contributed by atoms with Gasteiger partial charge in [-0.2, -0.15) is 0 Å². The number of aliphatic hydroxyl groups is 1. The number of anilines is 1. The fourth-order valence-corrected chi connectivity index (χ4v) is 4.67. The predicted molar refractivity (Wildman–Crippen MR) is 107 cm³/mol. The quantitative estimate of drug-likeness (QED) is 0.588. The van der Waals surface area contributed by atoms with E-state index in [1.807, 2.05) is 30.5 Å². The zero-order chi connectivity index (χ0) is 18.1. The van der Waals surface area contributed by atoms with Crippen LogP contribution < -0.4 is 11.1 Å². The molecule has 8 heteroatoms. The van der Waals surface area contributed by atoms with Crippen molar-refractivity contribution in [2.75, 3.05) is 24.2 Å². The Morgan fingerprint density at radius 2 is 2.12 bits per heavy atom. The third-order valence-corrected chi connectivity index (χ3v) is 6.34. The zero-order valence-corrected chi connectivity index (χ0v) is 15.8. The SMILES string of the molecule is NC1N=CNc2c(CN3C[C@H](CSc4ccc(Cl)cc4)[C@@H](O)C3)c[nH]c21. The first-order chi connectivity index (χ1) is 12.6. The molecule has 4 rings (SSSR count). The summed E-state index contributed by atoms with van der Waals surface area (Å²) < 4.78 is 0. The van der Waals surface area contributed by atoms with Crippen LogP contribution in [-0.2, 0) is 6.54 Å². The number of H-pyrrole nitrogens is 1. The van der Waals surface area contributed by atoms with Crippen molar-refractivity contribution in [3.63, 3.8) is 0 Å². The topological polar surface area (TPSA) is 89.7 Å². The Morgan fingerprint density at radius 1 is 1.31 bits per heavy atom. The molecule has 1 aromatic heterocycles. The maximum atomic E-state index is 10.4. The largest absolute Gasteiger partial charge is 0.391 e. The molecular weight excluding hydrogens is 370 g/mol. The van der Waals surface area contributed by atoms with Crippen molar-refractivity contribution in [3.05, 3.63) is 46.7 Å². The minimum Gasteiger partial charge on any atom is -0.391 e. The summed E-state index contributed by atoms with van der Waals surface area (Å²) >= 11 is 7.69. The van der Waals surface area contributed by atoms with Crippen LogP contribution in [0.1, 0.15) is 17.4 Å². The van der Waals surface area contributed by atoms with Crippen LogP contribution in [0.2, 0.25) is 5.02 Å². The number of aliphatic imine (C=N–C) groups is 1. The molecule has 26 heavy (non-hydrogen) atoms. The number of aromatic amines is 1. The minimum atomic E-state index is -0.340. The van der Waals surface area contributed by atoms with Crippen molar-refractivity contribution in [1.82, 2.24) is 9.88 Å². The van der Waals surface area contributed by atoms with Crippen molar-refractivity contribution in [2.45, 2.75) is 23.7 Å². The maximum absolute atomic E-state index is 10.4. The van der Waals surface area contributed by atoms with E-state index in [0.717, 1.165) is 40.8 Å². The number of aromatic nitrogens is 1. The van der Waals surface area contributed by atoms with Crippen LogP contribution in [0.25, 0.3) is 0 Å². The summed E-state index contributed by atoms with van der Waals surface area (Å²) in [7, 11) is 0. The molecular formula is C18H22ClN5OS. The van der Waals surface area contributed by atoms with Crippen LogP contribution in [0.5, 0.6) is 0 Å². The number of rotatable bonds is 5. The van der Waals surface area contributed by atoms with E-state index in [1.54, 1.807) is 18.1 Å². The lowest BCUT2D eigenvalue weighted by atomic mass is 10.1. The number of aliphatic hydroxyl groups excluding tert-OH is 1. The molecule has 138 valence electrons. The highest BCUT2D eigenvalue weighted by atomic mass is 35.5. The average Bonchev–Trinajstić information content (AvgIpc) is 3.19. The van der Waals surface area contributed by atoms with E-state index in [2.05, 4.69) is 20.2 Å². The number of likely N-dealkylation sites (tertiary alicyclic amines) is 1. The number of thioether (sulfide) groups is 1. The fourth-order valence-electron chi connectivity index (χ4n) is 3.48. The molecule has 2 aromatic rings. The monoisotopic (exact) mass is 391 g/mol. The smallest absolute Gasteiger partial charge is 0.141 e. The number of nitrogens with one attached hydrogen (secondary N) is 2. The Kier molecular flexibility index (Phi) is 5.24. The summed E-state index contributed by atoms with van der Waals surface area (Å²) in [6.07, 6.45) is 2.98. The Morgan fingerprint density at radius 3 is 2.92 bits per heavy atom. The maximum Gasteiger partial charge on any atom is 0.141 e. The Bertz CT molecular complexity index is 793. The molecule has 5 N–H and O–H groups in total. The normalized spacial score (nSPS) is 25.3. The van der Waals surface area contributed by atoms with Gasteiger partial charge in [0.25, 0.3) is 0 Å². The summed E-state index contributed by atoms with van der Waals surface area (Å²) in [5.41, 5.74) is 9.06. The summed E-state index contributed by atoms with van der Waals surface area (Å²) in [4.78, 5) is 10.8. The molecule has 0 spiro atoms. The summed E-state index contributed by atoms with van der Waals surface area (Å²) in [5.74, 6) is 1.14. The van der Waals surface area contributed by atoms with Gasteiger partial charge in [0.15, 0.2) is 0 Å². The van der Waals surface area contributed by atoms with Gasteiger partial charge in [-0.05, 0) is 24.3 Å². The molecule has 0 bridgehead atoms. The van der Waals surface area contributed by atoms with E-state index in [1.165, 1.54) is 4.90 Å². The number of hydrogen-bond donors (Lipinski definition) is 4. The zero-order valence-electron chi connectivity index (χ0n) is 14.2. The predicted octanol–water partition coefficient (Wildman–Crippen LogP) is 2.66. The fraction of sp³-hybridized carbons (Fsp3) is 0.389. The van der Waals surface area contributed by atoms with Crippen molar-refractivity contribution in [1.29, 1.82) is 0 Å². The first-order valence-electron chi connectivity index (χ1n) is 8.63. The standard InChI is InChI=1S/C18H22ClN5OS/c19-13-1-3-14(4-2-13)26-9-12-7-24(8-15(12)25)6-11-5-21-17-16(11)22-10-23-18(17)20/h1-5,10,12,15,18,21,25H,6-9,20H2,(H,22,23)/t12-,15+,18?/m1/s1. The van der Waals surface area contributed by atoms with Crippen LogP contribution >= 0.6 is 23.4 Å². The molecule has 0 radical (unpaired) electrons.